The van der Waals surface area contributed by atoms with Crippen LogP contribution in [0.2, 0.25) is 5.02 Å². The van der Waals surface area contributed by atoms with Crippen molar-refractivity contribution in [3.05, 3.63) is 40.4 Å². The molecule has 0 aliphatic carbocycles. The molecule has 0 bridgehead atoms. The molecule has 1 fully saturated rings. The zero-order valence-electron chi connectivity index (χ0n) is 13.5. The fraction of sp³-hybridized carbons (Fsp3) is 0.353. The third kappa shape index (κ3) is 4.49. The monoisotopic (exact) mass is 379 g/mol. The minimum atomic E-state index is -0.496. The van der Waals surface area contributed by atoms with Crippen LogP contribution in [-0.2, 0) is 16.1 Å². The first-order valence-electron chi connectivity index (χ1n) is 7.94. The van der Waals surface area contributed by atoms with Crippen molar-refractivity contribution < 1.29 is 14.3 Å². The summed E-state index contributed by atoms with van der Waals surface area (Å²) in [6.45, 7) is 1.03. The molecule has 1 aromatic carbocycles. The smallest absolute Gasteiger partial charge is 0.314 e. The largest absolute Gasteiger partial charge is 0.459 e. The number of benzene rings is 1. The van der Waals surface area contributed by atoms with E-state index in [0.29, 0.717) is 30.2 Å². The second kappa shape index (κ2) is 7.84. The van der Waals surface area contributed by atoms with Crippen LogP contribution in [0.25, 0.3) is 10.6 Å². The maximum Gasteiger partial charge on any atom is 0.314 e. The average Bonchev–Trinajstić information content (AvgIpc) is 3.09. The van der Waals surface area contributed by atoms with E-state index in [9.17, 15) is 9.59 Å². The second-order valence-electron chi connectivity index (χ2n) is 5.88. The first-order valence-corrected chi connectivity index (χ1v) is 9.20. The number of likely N-dealkylation sites (tertiary alicyclic amines) is 1. The molecule has 2 aromatic rings. The number of thiazole rings is 1. The van der Waals surface area contributed by atoms with E-state index in [1.807, 2.05) is 29.6 Å². The molecule has 2 N–H and O–H groups in total. The van der Waals surface area contributed by atoms with E-state index < -0.39 is 6.03 Å². The van der Waals surface area contributed by atoms with Crippen molar-refractivity contribution in [1.82, 2.24) is 9.88 Å². The number of nitrogens with two attached hydrogens (primary N) is 1. The van der Waals surface area contributed by atoms with E-state index in [1.165, 1.54) is 16.2 Å². The van der Waals surface area contributed by atoms with Crippen LogP contribution in [0.3, 0.4) is 0 Å². The fourth-order valence-corrected chi connectivity index (χ4v) is 3.67. The van der Waals surface area contributed by atoms with Gasteiger partial charge in [-0.25, -0.2) is 9.78 Å². The number of aromatic nitrogens is 1. The Balaban J connectivity index is 1.56. The second-order valence-corrected chi connectivity index (χ2v) is 7.18. The highest BCUT2D eigenvalue weighted by Gasteiger charge is 2.28. The molecule has 3 rings (SSSR count). The first kappa shape index (κ1) is 17.7. The summed E-state index contributed by atoms with van der Waals surface area (Å²) in [6.07, 6.45) is 1.45. The van der Waals surface area contributed by atoms with Gasteiger partial charge in [-0.05, 0) is 25.0 Å². The summed E-state index contributed by atoms with van der Waals surface area (Å²) < 4.78 is 5.37. The summed E-state index contributed by atoms with van der Waals surface area (Å²) in [5, 5.41) is 3.39. The van der Waals surface area contributed by atoms with Crippen LogP contribution in [0, 0.1) is 5.92 Å². The normalized spacial score (nSPS) is 17.3. The van der Waals surface area contributed by atoms with Gasteiger partial charge in [0.25, 0.3) is 0 Å². The van der Waals surface area contributed by atoms with E-state index in [4.69, 9.17) is 22.1 Å². The van der Waals surface area contributed by atoms with Gasteiger partial charge in [0.2, 0.25) is 0 Å². The molecule has 1 aliphatic heterocycles. The first-order chi connectivity index (χ1) is 12.0. The van der Waals surface area contributed by atoms with E-state index in [-0.39, 0.29) is 18.5 Å². The fourth-order valence-electron chi connectivity index (χ4n) is 2.73. The lowest BCUT2D eigenvalue weighted by Gasteiger charge is -2.30. The van der Waals surface area contributed by atoms with Gasteiger partial charge in [-0.1, -0.05) is 23.7 Å². The van der Waals surface area contributed by atoms with Crippen molar-refractivity contribution in [3.8, 4) is 10.6 Å². The summed E-state index contributed by atoms with van der Waals surface area (Å²) >= 11 is 7.37. The van der Waals surface area contributed by atoms with Gasteiger partial charge in [-0.15, -0.1) is 11.3 Å². The maximum absolute atomic E-state index is 12.2. The zero-order chi connectivity index (χ0) is 17.8. The molecule has 1 atom stereocenters. The standard InChI is InChI=1S/C17H18ClN3O3S/c18-13-5-3-11(4-6-13)15-20-14(10-25-15)9-24-16(22)12-2-1-7-21(8-12)17(19)23/h3-6,10,12H,1-2,7-9H2,(H2,19,23)/t12-/m1/s1. The molecular weight excluding hydrogens is 362 g/mol. The molecule has 0 saturated carbocycles. The minimum Gasteiger partial charge on any atom is -0.459 e. The number of piperidine rings is 1. The van der Waals surface area contributed by atoms with Crippen molar-refractivity contribution in [3.63, 3.8) is 0 Å². The lowest BCUT2D eigenvalue weighted by atomic mass is 9.98. The summed E-state index contributed by atoms with van der Waals surface area (Å²) in [4.78, 5) is 29.4. The molecule has 2 amide bonds. The summed E-state index contributed by atoms with van der Waals surface area (Å²) in [6, 6.07) is 6.93. The number of esters is 1. The Labute approximate surface area is 154 Å². The number of rotatable bonds is 4. The Hall–Kier alpha value is -2.12. The highest BCUT2D eigenvalue weighted by Crippen LogP contribution is 2.25. The number of carbonyl (C=O) groups is 2. The summed E-state index contributed by atoms with van der Waals surface area (Å²) in [5.74, 6) is -0.636. The number of halogens is 1. The predicted molar refractivity (Wildman–Crippen MR) is 96.2 cm³/mol. The van der Waals surface area contributed by atoms with Crippen molar-refractivity contribution >= 4 is 34.9 Å². The number of amides is 2. The van der Waals surface area contributed by atoms with E-state index in [2.05, 4.69) is 4.98 Å². The minimum absolute atomic E-state index is 0.121. The molecule has 6 nitrogen and oxygen atoms in total. The Morgan fingerprint density at radius 2 is 2.12 bits per heavy atom. The highest BCUT2D eigenvalue weighted by molar-refractivity contribution is 7.13. The number of hydrogen-bond donors (Lipinski definition) is 1. The third-order valence-electron chi connectivity index (χ3n) is 4.07. The van der Waals surface area contributed by atoms with Crippen LogP contribution in [0.5, 0.6) is 0 Å². The van der Waals surface area contributed by atoms with Gasteiger partial charge in [-0.3, -0.25) is 4.79 Å². The van der Waals surface area contributed by atoms with Gasteiger partial charge in [0, 0.05) is 29.1 Å². The van der Waals surface area contributed by atoms with Gasteiger partial charge in [-0.2, -0.15) is 0 Å². The predicted octanol–water partition coefficient (Wildman–Crippen LogP) is 3.30. The molecular formula is C17H18ClN3O3S. The Morgan fingerprint density at radius 1 is 1.36 bits per heavy atom. The molecule has 132 valence electrons. The number of primary amides is 1. The molecule has 25 heavy (non-hydrogen) atoms. The molecule has 2 heterocycles. The van der Waals surface area contributed by atoms with Gasteiger partial charge in [0.05, 0.1) is 11.6 Å². The van der Waals surface area contributed by atoms with Crippen molar-refractivity contribution in [2.45, 2.75) is 19.4 Å². The summed E-state index contributed by atoms with van der Waals surface area (Å²) in [5.41, 5.74) is 6.95. The quantitative estimate of drug-likeness (QED) is 0.826. The Bertz CT molecular complexity index is 763. The number of nitrogens with zero attached hydrogens (tertiary/aromatic N) is 2. The van der Waals surface area contributed by atoms with Gasteiger partial charge in [0.15, 0.2) is 0 Å². The molecule has 0 radical (unpaired) electrons. The van der Waals surface area contributed by atoms with E-state index >= 15 is 0 Å². The zero-order valence-corrected chi connectivity index (χ0v) is 15.1. The number of urea groups is 1. The number of hydrogen-bond acceptors (Lipinski definition) is 5. The summed E-state index contributed by atoms with van der Waals surface area (Å²) in [7, 11) is 0. The van der Waals surface area contributed by atoms with Gasteiger partial charge < -0.3 is 15.4 Å². The topological polar surface area (TPSA) is 85.5 Å². The molecule has 0 unspecified atom stereocenters. The lowest BCUT2D eigenvalue weighted by Crippen LogP contribution is -2.45. The lowest BCUT2D eigenvalue weighted by molar-refractivity contribution is -0.151. The van der Waals surface area contributed by atoms with Crippen LogP contribution >= 0.6 is 22.9 Å². The van der Waals surface area contributed by atoms with E-state index in [0.717, 1.165) is 17.0 Å². The number of carbonyl (C=O) groups excluding carboxylic acids is 2. The number of ether oxygens (including phenoxy) is 1. The SMILES string of the molecule is NC(=O)N1CCC[C@@H](C(=O)OCc2csc(-c3ccc(Cl)cc3)n2)C1. The van der Waals surface area contributed by atoms with Gasteiger partial charge in [0.1, 0.15) is 11.6 Å². The van der Waals surface area contributed by atoms with Crippen LogP contribution in [0.4, 0.5) is 4.79 Å². The Morgan fingerprint density at radius 3 is 2.84 bits per heavy atom. The molecule has 1 aromatic heterocycles. The highest BCUT2D eigenvalue weighted by atomic mass is 35.5. The average molecular weight is 380 g/mol. The molecule has 1 aliphatic rings. The maximum atomic E-state index is 12.2. The Kier molecular flexibility index (Phi) is 5.55. The van der Waals surface area contributed by atoms with Crippen molar-refractivity contribution in [1.29, 1.82) is 0 Å². The third-order valence-corrected chi connectivity index (χ3v) is 5.26. The molecule has 0 spiro atoms. The van der Waals surface area contributed by atoms with Crippen LogP contribution in [0.1, 0.15) is 18.5 Å². The van der Waals surface area contributed by atoms with Crippen LogP contribution in [-0.4, -0.2) is 35.0 Å². The van der Waals surface area contributed by atoms with Gasteiger partial charge >= 0.3 is 12.0 Å². The molecule has 1 saturated heterocycles. The van der Waals surface area contributed by atoms with Crippen LogP contribution < -0.4 is 5.73 Å². The van der Waals surface area contributed by atoms with Crippen LogP contribution in [0.15, 0.2) is 29.6 Å². The van der Waals surface area contributed by atoms with Crippen molar-refractivity contribution in [2.24, 2.45) is 11.7 Å². The van der Waals surface area contributed by atoms with Crippen molar-refractivity contribution in [2.75, 3.05) is 13.1 Å². The van der Waals surface area contributed by atoms with E-state index in [1.54, 1.807) is 0 Å². The molecule has 8 heteroatoms.